The Kier molecular flexibility index (Phi) is 1.93. The minimum atomic E-state index is -0.0367. The topological polar surface area (TPSA) is 32.9 Å². The highest BCUT2D eigenvalue weighted by atomic mass is 16.1. The molecule has 1 aliphatic rings. The predicted octanol–water partition coefficient (Wildman–Crippen LogP) is 3.08. The van der Waals surface area contributed by atoms with Crippen molar-refractivity contribution in [3.63, 3.8) is 0 Å². The summed E-state index contributed by atoms with van der Waals surface area (Å²) in [5.74, 6) is 0.345. The molecule has 0 saturated heterocycles. The first kappa shape index (κ1) is 9.64. The molecule has 1 aromatic heterocycles. The van der Waals surface area contributed by atoms with Crippen LogP contribution in [0.15, 0.2) is 30.5 Å². The summed E-state index contributed by atoms with van der Waals surface area (Å²) in [5, 5.41) is 1.26. The molecule has 16 heavy (non-hydrogen) atoms. The van der Waals surface area contributed by atoms with E-state index in [1.165, 1.54) is 10.9 Å². The maximum absolute atomic E-state index is 11.6. The molecule has 0 radical (unpaired) electrons. The Labute approximate surface area is 94.7 Å². The van der Waals surface area contributed by atoms with Gasteiger partial charge in [0.15, 0.2) is 0 Å². The van der Waals surface area contributed by atoms with Crippen molar-refractivity contribution in [2.75, 3.05) is 0 Å². The van der Waals surface area contributed by atoms with Gasteiger partial charge in [0.2, 0.25) is 0 Å². The average molecular weight is 213 g/mol. The third-order valence-electron chi connectivity index (χ3n) is 3.80. The largest absolute Gasteiger partial charge is 0.361 e. The first-order chi connectivity index (χ1) is 7.71. The van der Waals surface area contributed by atoms with E-state index < -0.39 is 0 Å². The fourth-order valence-corrected chi connectivity index (χ4v) is 2.45. The molecule has 1 saturated carbocycles. The molecule has 1 aromatic carbocycles. The van der Waals surface area contributed by atoms with Gasteiger partial charge in [0, 0.05) is 22.5 Å². The average Bonchev–Trinajstić information content (AvgIpc) is 2.96. The number of carbonyl (C=O) groups excluding carboxylic acids is 1. The van der Waals surface area contributed by atoms with E-state index in [1.54, 1.807) is 6.92 Å². The van der Waals surface area contributed by atoms with Crippen molar-refractivity contribution in [3.05, 3.63) is 36.0 Å². The molecule has 3 rings (SSSR count). The Morgan fingerprint density at radius 2 is 2.12 bits per heavy atom. The highest BCUT2D eigenvalue weighted by Crippen LogP contribution is 2.49. The Balaban J connectivity index is 1.98. The zero-order chi connectivity index (χ0) is 11.2. The van der Waals surface area contributed by atoms with E-state index >= 15 is 0 Å². The van der Waals surface area contributed by atoms with Crippen LogP contribution in [0.4, 0.5) is 0 Å². The monoisotopic (exact) mass is 213 g/mol. The molecule has 0 unspecified atom stereocenters. The summed E-state index contributed by atoms with van der Waals surface area (Å²) in [6.45, 7) is 1.72. The lowest BCUT2D eigenvalue weighted by molar-refractivity contribution is -0.121. The standard InChI is InChI=1S/C14H15NO/c1-10(16)14(6-7-14)8-11-9-15-13-5-3-2-4-12(11)13/h2-5,9,15H,6-8H2,1H3. The smallest absolute Gasteiger partial charge is 0.136 e. The number of hydrogen-bond acceptors (Lipinski definition) is 1. The zero-order valence-electron chi connectivity index (χ0n) is 9.42. The first-order valence-corrected chi connectivity index (χ1v) is 5.77. The second-order valence-electron chi connectivity index (χ2n) is 4.87. The Bertz CT molecular complexity index is 549. The molecule has 1 heterocycles. The minimum absolute atomic E-state index is 0.0367. The number of carbonyl (C=O) groups is 1. The van der Waals surface area contributed by atoms with Crippen molar-refractivity contribution >= 4 is 16.7 Å². The normalized spacial score (nSPS) is 17.6. The molecule has 0 spiro atoms. The number of H-pyrrole nitrogens is 1. The molecule has 82 valence electrons. The summed E-state index contributed by atoms with van der Waals surface area (Å²) in [7, 11) is 0. The fraction of sp³-hybridized carbons (Fsp3) is 0.357. The number of benzene rings is 1. The third-order valence-corrected chi connectivity index (χ3v) is 3.80. The molecule has 0 bridgehead atoms. The van der Waals surface area contributed by atoms with Crippen LogP contribution in [0.2, 0.25) is 0 Å². The van der Waals surface area contributed by atoms with Gasteiger partial charge in [-0.25, -0.2) is 0 Å². The lowest BCUT2D eigenvalue weighted by atomic mass is 9.93. The van der Waals surface area contributed by atoms with Gasteiger partial charge in [0.05, 0.1) is 0 Å². The summed E-state index contributed by atoms with van der Waals surface area (Å²) in [6, 6.07) is 8.27. The fourth-order valence-electron chi connectivity index (χ4n) is 2.45. The van der Waals surface area contributed by atoms with Crippen LogP contribution in [0.25, 0.3) is 10.9 Å². The van der Waals surface area contributed by atoms with Crippen LogP contribution >= 0.6 is 0 Å². The van der Waals surface area contributed by atoms with Crippen molar-refractivity contribution in [2.24, 2.45) is 5.41 Å². The Morgan fingerprint density at radius 1 is 1.38 bits per heavy atom. The summed E-state index contributed by atoms with van der Waals surface area (Å²) >= 11 is 0. The molecule has 1 aliphatic carbocycles. The van der Waals surface area contributed by atoms with E-state index in [-0.39, 0.29) is 5.41 Å². The second kappa shape index (κ2) is 3.21. The number of rotatable bonds is 3. The van der Waals surface area contributed by atoms with Gasteiger partial charge < -0.3 is 4.98 Å². The number of hydrogen-bond donors (Lipinski definition) is 1. The minimum Gasteiger partial charge on any atom is -0.361 e. The van der Waals surface area contributed by atoms with Crippen LogP contribution < -0.4 is 0 Å². The van der Waals surface area contributed by atoms with Gasteiger partial charge in [-0.05, 0) is 37.8 Å². The zero-order valence-corrected chi connectivity index (χ0v) is 9.42. The number of aromatic nitrogens is 1. The van der Waals surface area contributed by atoms with Gasteiger partial charge in [-0.1, -0.05) is 18.2 Å². The van der Waals surface area contributed by atoms with E-state index in [0.717, 1.165) is 24.8 Å². The van der Waals surface area contributed by atoms with E-state index in [9.17, 15) is 4.79 Å². The Morgan fingerprint density at radius 3 is 2.81 bits per heavy atom. The van der Waals surface area contributed by atoms with E-state index in [1.807, 2.05) is 18.3 Å². The molecule has 2 heteroatoms. The summed E-state index contributed by atoms with van der Waals surface area (Å²) in [6.07, 6.45) is 5.06. The van der Waals surface area contributed by atoms with Crippen LogP contribution in [-0.4, -0.2) is 10.8 Å². The van der Waals surface area contributed by atoms with Crippen LogP contribution in [0.1, 0.15) is 25.3 Å². The Hall–Kier alpha value is -1.57. The lowest BCUT2D eigenvalue weighted by Gasteiger charge is -2.09. The highest BCUT2D eigenvalue weighted by Gasteiger charge is 2.47. The van der Waals surface area contributed by atoms with Crippen molar-refractivity contribution in [2.45, 2.75) is 26.2 Å². The number of para-hydroxylation sites is 1. The second-order valence-corrected chi connectivity index (χ2v) is 4.87. The van der Waals surface area contributed by atoms with Crippen molar-refractivity contribution in [3.8, 4) is 0 Å². The van der Waals surface area contributed by atoms with Crippen LogP contribution in [-0.2, 0) is 11.2 Å². The number of ketones is 1. The van der Waals surface area contributed by atoms with Crippen LogP contribution in [0.3, 0.4) is 0 Å². The predicted molar refractivity (Wildman–Crippen MR) is 64.4 cm³/mol. The molecule has 0 aliphatic heterocycles. The molecule has 1 fully saturated rings. The lowest BCUT2D eigenvalue weighted by Crippen LogP contribution is -2.14. The number of nitrogens with one attached hydrogen (secondary N) is 1. The van der Waals surface area contributed by atoms with Crippen molar-refractivity contribution in [1.29, 1.82) is 0 Å². The SMILES string of the molecule is CC(=O)C1(Cc2c[nH]c3ccccc23)CC1. The number of aromatic amines is 1. The summed E-state index contributed by atoms with van der Waals surface area (Å²) in [5.41, 5.74) is 2.41. The van der Waals surface area contributed by atoms with E-state index in [0.29, 0.717) is 5.78 Å². The summed E-state index contributed by atoms with van der Waals surface area (Å²) < 4.78 is 0. The third kappa shape index (κ3) is 1.37. The van der Waals surface area contributed by atoms with Gasteiger partial charge in [0.1, 0.15) is 5.78 Å². The number of fused-ring (bicyclic) bond motifs is 1. The summed E-state index contributed by atoms with van der Waals surface area (Å²) in [4.78, 5) is 14.8. The molecule has 0 amide bonds. The van der Waals surface area contributed by atoms with Gasteiger partial charge in [0.25, 0.3) is 0 Å². The van der Waals surface area contributed by atoms with Crippen molar-refractivity contribution in [1.82, 2.24) is 4.98 Å². The maximum Gasteiger partial charge on any atom is 0.136 e. The molecule has 2 aromatic rings. The van der Waals surface area contributed by atoms with E-state index in [2.05, 4.69) is 17.1 Å². The van der Waals surface area contributed by atoms with Gasteiger partial charge >= 0.3 is 0 Å². The van der Waals surface area contributed by atoms with E-state index in [4.69, 9.17) is 0 Å². The quantitative estimate of drug-likeness (QED) is 0.835. The molecular weight excluding hydrogens is 198 g/mol. The molecule has 0 atom stereocenters. The number of Topliss-reactive ketones (excluding diaryl/α,β-unsaturated/α-hetero) is 1. The van der Waals surface area contributed by atoms with Gasteiger partial charge in [-0.2, -0.15) is 0 Å². The molecule has 1 N–H and O–H groups in total. The van der Waals surface area contributed by atoms with Crippen LogP contribution in [0.5, 0.6) is 0 Å². The maximum atomic E-state index is 11.6. The first-order valence-electron chi connectivity index (χ1n) is 5.77. The highest BCUT2D eigenvalue weighted by molar-refractivity contribution is 5.88. The van der Waals surface area contributed by atoms with Gasteiger partial charge in [-0.15, -0.1) is 0 Å². The van der Waals surface area contributed by atoms with Crippen molar-refractivity contribution < 1.29 is 4.79 Å². The molecule has 2 nitrogen and oxygen atoms in total. The van der Waals surface area contributed by atoms with Gasteiger partial charge in [-0.3, -0.25) is 4.79 Å². The van der Waals surface area contributed by atoms with Crippen LogP contribution in [0, 0.1) is 5.41 Å². The molecular formula is C14H15NO.